The number of carbonyl (C=O) groups is 1. The number of aromatic amines is 1. The molecular weight excluding hydrogens is 242 g/mol. The number of likely N-dealkylation sites (tertiary alicyclic amines) is 1. The predicted octanol–water partition coefficient (Wildman–Crippen LogP) is 0.869. The van der Waals surface area contributed by atoms with E-state index in [0.29, 0.717) is 24.4 Å². The minimum atomic E-state index is -0.111. The number of hydrogen-bond donors (Lipinski definition) is 3. The Morgan fingerprint density at radius 2 is 2.21 bits per heavy atom. The number of carbonyl (C=O) groups excluding carboxylic acids is 1. The minimum Gasteiger partial charge on any atom is -0.384 e. The van der Waals surface area contributed by atoms with Crippen LogP contribution in [0.1, 0.15) is 39.2 Å². The van der Waals surface area contributed by atoms with Crippen LogP contribution in [0, 0.1) is 0 Å². The summed E-state index contributed by atoms with van der Waals surface area (Å²) < 4.78 is 0. The van der Waals surface area contributed by atoms with Crippen LogP contribution in [0.25, 0.3) is 0 Å². The molecule has 0 saturated carbocycles. The van der Waals surface area contributed by atoms with E-state index in [2.05, 4.69) is 34.3 Å². The number of rotatable bonds is 4. The van der Waals surface area contributed by atoms with Crippen LogP contribution in [0.4, 0.5) is 5.82 Å². The standard InChI is InChI=1S/C13H23N5O/c1-8-4-5-9(2)18(8)10(3)13(19)15-6-11-7-16-17-12(11)14/h7-10H,4-6H2,1-3H3,(H,15,19)(H3,14,16,17). The molecule has 1 amide bonds. The van der Waals surface area contributed by atoms with Crippen molar-refractivity contribution in [3.05, 3.63) is 11.8 Å². The fourth-order valence-corrected chi connectivity index (χ4v) is 2.91. The highest BCUT2D eigenvalue weighted by molar-refractivity contribution is 5.81. The van der Waals surface area contributed by atoms with Crippen molar-refractivity contribution in [3.63, 3.8) is 0 Å². The SMILES string of the molecule is CC1CCC(C)N1C(C)C(=O)NCc1cn[nH]c1N. The Morgan fingerprint density at radius 3 is 2.74 bits per heavy atom. The molecule has 0 radical (unpaired) electrons. The summed E-state index contributed by atoms with van der Waals surface area (Å²) in [6.45, 7) is 6.75. The van der Waals surface area contributed by atoms with Crippen LogP contribution in [0.5, 0.6) is 0 Å². The van der Waals surface area contributed by atoms with E-state index in [1.807, 2.05) is 6.92 Å². The quantitative estimate of drug-likeness (QED) is 0.754. The second-order valence-corrected chi connectivity index (χ2v) is 5.43. The van der Waals surface area contributed by atoms with Crippen molar-refractivity contribution in [1.29, 1.82) is 0 Å². The van der Waals surface area contributed by atoms with Crippen molar-refractivity contribution in [2.75, 3.05) is 5.73 Å². The Hall–Kier alpha value is -1.56. The van der Waals surface area contributed by atoms with Gasteiger partial charge in [0.1, 0.15) is 5.82 Å². The van der Waals surface area contributed by atoms with Gasteiger partial charge in [-0.05, 0) is 33.6 Å². The van der Waals surface area contributed by atoms with Gasteiger partial charge in [0.05, 0.1) is 12.2 Å². The summed E-state index contributed by atoms with van der Waals surface area (Å²) in [5, 5.41) is 9.41. The third kappa shape index (κ3) is 2.89. The van der Waals surface area contributed by atoms with E-state index in [-0.39, 0.29) is 11.9 Å². The summed E-state index contributed by atoms with van der Waals surface area (Å²) in [7, 11) is 0. The molecule has 1 saturated heterocycles. The average molecular weight is 265 g/mol. The van der Waals surface area contributed by atoms with Gasteiger partial charge in [0.2, 0.25) is 5.91 Å². The first-order valence-corrected chi connectivity index (χ1v) is 6.83. The second kappa shape index (κ2) is 5.61. The molecule has 0 aromatic carbocycles. The van der Waals surface area contributed by atoms with Crippen LogP contribution in [-0.2, 0) is 11.3 Å². The van der Waals surface area contributed by atoms with Crippen molar-refractivity contribution in [3.8, 4) is 0 Å². The lowest BCUT2D eigenvalue weighted by atomic mass is 10.2. The highest BCUT2D eigenvalue weighted by Crippen LogP contribution is 2.25. The Bertz CT molecular complexity index is 434. The van der Waals surface area contributed by atoms with Gasteiger partial charge >= 0.3 is 0 Å². The van der Waals surface area contributed by atoms with E-state index in [9.17, 15) is 4.79 Å². The molecule has 1 aliphatic heterocycles. The van der Waals surface area contributed by atoms with E-state index >= 15 is 0 Å². The molecule has 3 atom stereocenters. The molecule has 1 fully saturated rings. The number of aromatic nitrogens is 2. The third-order valence-electron chi connectivity index (χ3n) is 4.05. The van der Waals surface area contributed by atoms with Crippen molar-refractivity contribution in [2.45, 2.75) is 58.3 Å². The van der Waals surface area contributed by atoms with Crippen molar-refractivity contribution in [2.24, 2.45) is 0 Å². The largest absolute Gasteiger partial charge is 0.384 e. The van der Waals surface area contributed by atoms with E-state index in [0.717, 1.165) is 18.4 Å². The number of nitrogen functional groups attached to an aromatic ring is 1. The summed E-state index contributed by atoms with van der Waals surface area (Å²) in [4.78, 5) is 14.5. The van der Waals surface area contributed by atoms with E-state index in [1.165, 1.54) is 0 Å². The van der Waals surface area contributed by atoms with Crippen molar-refractivity contribution in [1.82, 2.24) is 20.4 Å². The lowest BCUT2D eigenvalue weighted by Crippen LogP contribution is -2.48. The van der Waals surface area contributed by atoms with Gasteiger partial charge in [-0.2, -0.15) is 5.10 Å². The molecule has 2 heterocycles. The Morgan fingerprint density at radius 1 is 1.58 bits per heavy atom. The second-order valence-electron chi connectivity index (χ2n) is 5.43. The smallest absolute Gasteiger partial charge is 0.237 e. The first kappa shape index (κ1) is 13.9. The molecule has 4 N–H and O–H groups in total. The molecule has 1 aromatic rings. The van der Waals surface area contributed by atoms with E-state index in [1.54, 1.807) is 6.20 Å². The van der Waals surface area contributed by atoms with E-state index in [4.69, 9.17) is 5.73 Å². The van der Waals surface area contributed by atoms with Gasteiger partial charge in [-0.25, -0.2) is 0 Å². The molecule has 2 rings (SSSR count). The monoisotopic (exact) mass is 265 g/mol. The van der Waals surface area contributed by atoms with Gasteiger partial charge in [-0.1, -0.05) is 0 Å². The highest BCUT2D eigenvalue weighted by atomic mass is 16.2. The number of H-pyrrole nitrogens is 1. The number of amides is 1. The maximum atomic E-state index is 12.2. The summed E-state index contributed by atoms with van der Waals surface area (Å²) in [5.74, 6) is 0.553. The van der Waals surface area contributed by atoms with Crippen LogP contribution in [-0.4, -0.2) is 39.1 Å². The summed E-state index contributed by atoms with van der Waals surface area (Å²) >= 11 is 0. The molecule has 19 heavy (non-hydrogen) atoms. The van der Waals surface area contributed by atoms with Crippen LogP contribution < -0.4 is 11.1 Å². The molecule has 3 unspecified atom stereocenters. The van der Waals surface area contributed by atoms with Crippen molar-refractivity contribution < 1.29 is 4.79 Å². The first-order chi connectivity index (χ1) is 9.00. The maximum absolute atomic E-state index is 12.2. The topological polar surface area (TPSA) is 87.0 Å². The maximum Gasteiger partial charge on any atom is 0.237 e. The molecule has 1 aliphatic rings. The zero-order chi connectivity index (χ0) is 14.0. The number of anilines is 1. The van der Waals surface area contributed by atoms with Gasteiger partial charge in [0.15, 0.2) is 0 Å². The lowest BCUT2D eigenvalue weighted by molar-refractivity contribution is -0.127. The number of nitrogens with zero attached hydrogens (tertiary/aromatic N) is 2. The highest BCUT2D eigenvalue weighted by Gasteiger charge is 2.34. The van der Waals surface area contributed by atoms with Gasteiger partial charge < -0.3 is 11.1 Å². The number of nitrogens with two attached hydrogens (primary N) is 1. The zero-order valence-electron chi connectivity index (χ0n) is 11.8. The minimum absolute atomic E-state index is 0.0428. The number of hydrogen-bond acceptors (Lipinski definition) is 4. The molecule has 0 bridgehead atoms. The lowest BCUT2D eigenvalue weighted by Gasteiger charge is -2.31. The molecular formula is C13H23N5O. The molecule has 6 nitrogen and oxygen atoms in total. The zero-order valence-corrected chi connectivity index (χ0v) is 11.8. The Labute approximate surface area is 113 Å². The average Bonchev–Trinajstić information content (AvgIpc) is 2.92. The summed E-state index contributed by atoms with van der Waals surface area (Å²) in [6, 6.07) is 0.824. The fraction of sp³-hybridized carbons (Fsp3) is 0.692. The molecule has 0 aliphatic carbocycles. The molecule has 0 spiro atoms. The summed E-state index contributed by atoms with van der Waals surface area (Å²) in [6.07, 6.45) is 3.96. The summed E-state index contributed by atoms with van der Waals surface area (Å²) in [5.41, 5.74) is 6.51. The number of nitrogens with one attached hydrogen (secondary N) is 2. The Balaban J connectivity index is 1.91. The van der Waals surface area contributed by atoms with Crippen LogP contribution in [0.3, 0.4) is 0 Å². The normalized spacial score (nSPS) is 25.4. The molecule has 1 aromatic heterocycles. The van der Waals surface area contributed by atoms with Crippen LogP contribution in [0.2, 0.25) is 0 Å². The van der Waals surface area contributed by atoms with Crippen LogP contribution >= 0.6 is 0 Å². The van der Waals surface area contributed by atoms with Gasteiger partial charge in [0, 0.05) is 24.2 Å². The van der Waals surface area contributed by atoms with E-state index < -0.39 is 0 Å². The van der Waals surface area contributed by atoms with Crippen LogP contribution in [0.15, 0.2) is 6.20 Å². The first-order valence-electron chi connectivity index (χ1n) is 6.83. The Kier molecular flexibility index (Phi) is 4.09. The van der Waals surface area contributed by atoms with Crippen molar-refractivity contribution >= 4 is 11.7 Å². The van der Waals surface area contributed by atoms with Gasteiger partial charge in [-0.15, -0.1) is 0 Å². The molecule has 106 valence electrons. The fourth-order valence-electron chi connectivity index (χ4n) is 2.91. The van der Waals surface area contributed by atoms with Gasteiger partial charge in [0.25, 0.3) is 0 Å². The molecule has 6 heteroatoms. The third-order valence-corrected chi connectivity index (χ3v) is 4.05. The predicted molar refractivity (Wildman–Crippen MR) is 74.3 cm³/mol. The van der Waals surface area contributed by atoms with Gasteiger partial charge in [-0.3, -0.25) is 14.8 Å².